The van der Waals surface area contributed by atoms with Gasteiger partial charge in [-0.25, -0.2) is 0 Å². The van der Waals surface area contributed by atoms with Gasteiger partial charge in [0.1, 0.15) is 0 Å². The minimum Gasteiger partial charge on any atom is -0.309 e. The molecule has 3 heteroatoms. The normalized spacial score (nSPS) is 10.4. The summed E-state index contributed by atoms with van der Waals surface area (Å²) in [5, 5.41) is 3.19. The average molecular weight is 318 g/mol. The molecular formula is C16H16BrNO. The molecular weight excluding hydrogens is 302 g/mol. The number of halogens is 1. The summed E-state index contributed by atoms with van der Waals surface area (Å²) in [4.78, 5) is 11.8. The average Bonchev–Trinajstić information content (AvgIpc) is 2.46. The molecule has 0 bridgehead atoms. The quantitative estimate of drug-likeness (QED) is 0.653. The first-order valence-corrected chi connectivity index (χ1v) is 7.08. The SMILES string of the molecule is O=C(CNCCc1ccc(Br)cc1)c1ccccc1. The Kier molecular flexibility index (Phi) is 5.31. The molecule has 0 heterocycles. The standard InChI is InChI=1S/C16H16BrNO/c17-15-8-6-13(7-9-15)10-11-18-12-16(19)14-4-2-1-3-5-14/h1-9,18H,10-12H2. The lowest BCUT2D eigenvalue weighted by Crippen LogP contribution is -2.25. The third kappa shape index (κ3) is 4.62. The van der Waals surface area contributed by atoms with E-state index in [1.165, 1.54) is 5.56 Å². The Balaban J connectivity index is 1.72. The van der Waals surface area contributed by atoms with Crippen LogP contribution in [0.2, 0.25) is 0 Å². The Hall–Kier alpha value is -1.45. The Labute approximate surface area is 122 Å². The fourth-order valence-corrected chi connectivity index (χ4v) is 2.08. The Bertz CT molecular complexity index is 522. The van der Waals surface area contributed by atoms with E-state index < -0.39 is 0 Å². The van der Waals surface area contributed by atoms with Gasteiger partial charge in [-0.1, -0.05) is 58.4 Å². The maximum Gasteiger partial charge on any atom is 0.176 e. The number of benzene rings is 2. The van der Waals surface area contributed by atoms with E-state index in [-0.39, 0.29) is 5.78 Å². The van der Waals surface area contributed by atoms with Crippen LogP contribution in [0.3, 0.4) is 0 Å². The number of hydrogen-bond donors (Lipinski definition) is 1. The summed E-state index contributed by atoms with van der Waals surface area (Å²) in [6.07, 6.45) is 0.926. The molecule has 0 fully saturated rings. The van der Waals surface area contributed by atoms with Crippen molar-refractivity contribution in [3.8, 4) is 0 Å². The summed E-state index contributed by atoms with van der Waals surface area (Å²) in [7, 11) is 0. The van der Waals surface area contributed by atoms with Crippen LogP contribution in [0, 0.1) is 0 Å². The molecule has 2 nitrogen and oxygen atoms in total. The van der Waals surface area contributed by atoms with Gasteiger partial charge in [-0.3, -0.25) is 4.79 Å². The maximum atomic E-state index is 11.8. The van der Waals surface area contributed by atoms with Crippen molar-refractivity contribution in [2.24, 2.45) is 0 Å². The summed E-state index contributed by atoms with van der Waals surface area (Å²) in [6, 6.07) is 17.6. The second-order valence-corrected chi connectivity index (χ2v) is 5.26. The minimum absolute atomic E-state index is 0.136. The molecule has 2 rings (SSSR count). The van der Waals surface area contributed by atoms with E-state index in [4.69, 9.17) is 0 Å². The highest BCUT2D eigenvalue weighted by Crippen LogP contribution is 2.10. The molecule has 2 aromatic rings. The van der Waals surface area contributed by atoms with Crippen molar-refractivity contribution in [2.45, 2.75) is 6.42 Å². The highest BCUT2D eigenvalue weighted by atomic mass is 79.9. The zero-order valence-corrected chi connectivity index (χ0v) is 12.2. The molecule has 1 N–H and O–H groups in total. The second-order valence-electron chi connectivity index (χ2n) is 4.34. The van der Waals surface area contributed by atoms with Crippen LogP contribution in [-0.2, 0) is 6.42 Å². The number of ketones is 1. The highest BCUT2D eigenvalue weighted by molar-refractivity contribution is 9.10. The monoisotopic (exact) mass is 317 g/mol. The number of rotatable bonds is 6. The fraction of sp³-hybridized carbons (Fsp3) is 0.188. The van der Waals surface area contributed by atoms with Gasteiger partial charge < -0.3 is 5.32 Å². The van der Waals surface area contributed by atoms with Gasteiger partial charge in [0.15, 0.2) is 5.78 Å². The van der Waals surface area contributed by atoms with Gasteiger partial charge in [0.2, 0.25) is 0 Å². The Morgan fingerprint density at radius 1 is 1.00 bits per heavy atom. The van der Waals surface area contributed by atoms with Crippen molar-refractivity contribution in [2.75, 3.05) is 13.1 Å². The predicted octanol–water partition coefficient (Wildman–Crippen LogP) is 3.46. The lowest BCUT2D eigenvalue weighted by atomic mass is 10.1. The van der Waals surface area contributed by atoms with Crippen molar-refractivity contribution in [1.29, 1.82) is 0 Å². The number of carbonyl (C=O) groups excluding carboxylic acids is 1. The fourth-order valence-electron chi connectivity index (χ4n) is 1.81. The summed E-state index contributed by atoms with van der Waals surface area (Å²) in [5.74, 6) is 0.136. The minimum atomic E-state index is 0.136. The van der Waals surface area contributed by atoms with Gasteiger partial charge in [-0.2, -0.15) is 0 Å². The van der Waals surface area contributed by atoms with E-state index in [0.717, 1.165) is 23.0 Å². The molecule has 0 aliphatic carbocycles. The summed E-state index contributed by atoms with van der Waals surface area (Å²) < 4.78 is 1.09. The number of Topliss-reactive ketones (excluding diaryl/α,β-unsaturated/α-hetero) is 1. The first-order valence-electron chi connectivity index (χ1n) is 6.29. The van der Waals surface area contributed by atoms with Crippen molar-refractivity contribution in [3.05, 3.63) is 70.2 Å². The van der Waals surface area contributed by atoms with Gasteiger partial charge in [0.05, 0.1) is 6.54 Å². The van der Waals surface area contributed by atoms with Crippen molar-refractivity contribution < 1.29 is 4.79 Å². The van der Waals surface area contributed by atoms with E-state index in [0.29, 0.717) is 6.54 Å². The summed E-state index contributed by atoms with van der Waals surface area (Å²) >= 11 is 3.41. The molecule has 0 unspecified atom stereocenters. The van der Waals surface area contributed by atoms with E-state index in [1.807, 2.05) is 42.5 Å². The van der Waals surface area contributed by atoms with Gasteiger partial charge in [0, 0.05) is 10.0 Å². The molecule has 0 aromatic heterocycles. The van der Waals surface area contributed by atoms with Crippen molar-refractivity contribution in [3.63, 3.8) is 0 Å². The van der Waals surface area contributed by atoms with Crippen LogP contribution in [0.5, 0.6) is 0 Å². The molecule has 0 amide bonds. The van der Waals surface area contributed by atoms with Crippen LogP contribution in [0.25, 0.3) is 0 Å². The molecule has 0 spiro atoms. The molecule has 2 aromatic carbocycles. The lowest BCUT2D eigenvalue weighted by molar-refractivity contribution is 0.0991. The van der Waals surface area contributed by atoms with Crippen LogP contribution in [-0.4, -0.2) is 18.9 Å². The molecule has 98 valence electrons. The second kappa shape index (κ2) is 7.22. The van der Waals surface area contributed by atoms with Crippen LogP contribution < -0.4 is 5.32 Å². The van der Waals surface area contributed by atoms with Gasteiger partial charge in [-0.15, -0.1) is 0 Å². The molecule has 0 aliphatic rings. The number of hydrogen-bond acceptors (Lipinski definition) is 2. The topological polar surface area (TPSA) is 29.1 Å². The predicted molar refractivity (Wildman–Crippen MR) is 81.5 cm³/mol. The summed E-state index contributed by atoms with van der Waals surface area (Å²) in [5.41, 5.74) is 2.03. The Morgan fingerprint density at radius 3 is 2.37 bits per heavy atom. The van der Waals surface area contributed by atoms with E-state index >= 15 is 0 Å². The van der Waals surface area contributed by atoms with Gasteiger partial charge in [-0.05, 0) is 30.7 Å². The zero-order valence-electron chi connectivity index (χ0n) is 10.6. The third-order valence-electron chi connectivity index (χ3n) is 2.89. The van der Waals surface area contributed by atoms with Crippen LogP contribution in [0.4, 0.5) is 0 Å². The van der Waals surface area contributed by atoms with E-state index in [2.05, 4.69) is 33.4 Å². The molecule has 0 saturated carbocycles. The first-order chi connectivity index (χ1) is 9.25. The molecule has 0 aliphatic heterocycles. The van der Waals surface area contributed by atoms with Crippen LogP contribution >= 0.6 is 15.9 Å². The van der Waals surface area contributed by atoms with Crippen molar-refractivity contribution >= 4 is 21.7 Å². The third-order valence-corrected chi connectivity index (χ3v) is 3.41. The van der Waals surface area contributed by atoms with Gasteiger partial charge >= 0.3 is 0 Å². The summed E-state index contributed by atoms with van der Waals surface area (Å²) in [6.45, 7) is 1.20. The van der Waals surface area contributed by atoms with Gasteiger partial charge in [0.25, 0.3) is 0 Å². The largest absolute Gasteiger partial charge is 0.309 e. The number of nitrogens with one attached hydrogen (secondary N) is 1. The van der Waals surface area contributed by atoms with E-state index in [1.54, 1.807) is 0 Å². The highest BCUT2D eigenvalue weighted by Gasteiger charge is 2.03. The lowest BCUT2D eigenvalue weighted by Gasteiger charge is -2.05. The van der Waals surface area contributed by atoms with E-state index in [9.17, 15) is 4.79 Å². The zero-order chi connectivity index (χ0) is 13.5. The van der Waals surface area contributed by atoms with Crippen LogP contribution in [0.1, 0.15) is 15.9 Å². The van der Waals surface area contributed by atoms with Crippen molar-refractivity contribution in [1.82, 2.24) is 5.32 Å². The maximum absolute atomic E-state index is 11.8. The Morgan fingerprint density at radius 2 is 1.68 bits per heavy atom. The number of carbonyl (C=O) groups is 1. The molecule has 0 radical (unpaired) electrons. The first kappa shape index (κ1) is 14.0. The molecule has 0 saturated heterocycles. The molecule has 19 heavy (non-hydrogen) atoms. The van der Waals surface area contributed by atoms with Crippen LogP contribution in [0.15, 0.2) is 59.1 Å². The smallest absolute Gasteiger partial charge is 0.176 e. The molecule has 0 atom stereocenters.